The van der Waals surface area contributed by atoms with Gasteiger partial charge in [-0.2, -0.15) is 0 Å². The molecule has 322 valence electrons. The zero-order valence-corrected chi connectivity index (χ0v) is 35.8. The molecule has 0 aliphatic carbocycles. The van der Waals surface area contributed by atoms with E-state index in [1.165, 1.54) is 96.3 Å². The summed E-state index contributed by atoms with van der Waals surface area (Å²) < 4.78 is 32.7. The van der Waals surface area contributed by atoms with E-state index in [2.05, 4.69) is 54.8 Å². The number of hydrogen-bond acceptors (Lipinski definition) is 9. The minimum absolute atomic E-state index is 0.178. The first-order chi connectivity index (χ1) is 26.7. The highest BCUT2D eigenvalue weighted by molar-refractivity contribution is 7.47. The van der Waals surface area contributed by atoms with E-state index in [1.807, 2.05) is 0 Å². The normalized spacial score (nSPS) is 14.2. The van der Waals surface area contributed by atoms with Gasteiger partial charge in [0, 0.05) is 12.8 Å². The molecule has 3 atom stereocenters. The van der Waals surface area contributed by atoms with E-state index in [9.17, 15) is 24.2 Å². The Morgan fingerprint density at radius 1 is 0.545 bits per heavy atom. The number of esters is 2. The second kappa shape index (κ2) is 40.4. The largest absolute Gasteiger partial charge is 0.472 e. The molecule has 1 unspecified atom stereocenters. The lowest BCUT2D eigenvalue weighted by atomic mass is 10.1. The molecule has 0 aliphatic heterocycles. The summed E-state index contributed by atoms with van der Waals surface area (Å²) in [5.74, 6) is -0.937. The molecule has 0 aromatic rings. The number of unbranched alkanes of at least 4 members (excludes halogenated alkanes) is 21. The van der Waals surface area contributed by atoms with E-state index in [1.54, 1.807) is 0 Å². The van der Waals surface area contributed by atoms with Crippen LogP contribution in [0.25, 0.3) is 0 Å². The van der Waals surface area contributed by atoms with Crippen LogP contribution in [-0.4, -0.2) is 65.7 Å². The monoisotopic (exact) mass is 801 g/mol. The third-order valence-corrected chi connectivity index (χ3v) is 10.2. The number of aliphatic hydroxyl groups is 2. The fourth-order valence-corrected chi connectivity index (χ4v) is 6.63. The lowest BCUT2D eigenvalue weighted by Crippen LogP contribution is -2.29. The Kier molecular flexibility index (Phi) is 39.1. The predicted molar refractivity (Wildman–Crippen MR) is 224 cm³/mol. The minimum Gasteiger partial charge on any atom is -0.462 e. The number of allylic oxidation sites excluding steroid dienone is 6. The molecule has 3 N–H and O–H groups in total. The van der Waals surface area contributed by atoms with Crippen molar-refractivity contribution in [3.05, 3.63) is 36.5 Å². The van der Waals surface area contributed by atoms with Crippen LogP contribution < -0.4 is 0 Å². The van der Waals surface area contributed by atoms with Crippen LogP contribution in [0, 0.1) is 0 Å². The van der Waals surface area contributed by atoms with Gasteiger partial charge in [0.1, 0.15) is 12.7 Å². The van der Waals surface area contributed by atoms with E-state index in [0.717, 1.165) is 57.8 Å². The van der Waals surface area contributed by atoms with Gasteiger partial charge in [-0.15, -0.1) is 0 Å². The summed E-state index contributed by atoms with van der Waals surface area (Å²) in [5, 5.41) is 18.3. The van der Waals surface area contributed by atoms with Crippen molar-refractivity contribution in [3.8, 4) is 0 Å². The standard InChI is InChI=1S/C44H81O10P/c1-3-5-7-9-11-13-15-17-19-20-22-23-25-27-29-31-33-35-43(47)51-39-42(40-53-55(49,50)52-38-41(46)37-45)54-44(48)36-34-32-30-28-26-24-21-18-16-14-12-10-8-6-4-2/h11,13-14,16-17,19,41-42,45-46H,3-10,12,15,18,20-40H2,1-2H3,(H,49,50)/b13-11+,16-14+,19-17+/t41-,42+/m0/s1. The maximum Gasteiger partial charge on any atom is 0.472 e. The molecule has 0 radical (unpaired) electrons. The third-order valence-electron chi connectivity index (χ3n) is 9.27. The van der Waals surface area contributed by atoms with Gasteiger partial charge in [-0.25, -0.2) is 4.57 Å². The van der Waals surface area contributed by atoms with Gasteiger partial charge < -0.3 is 24.6 Å². The maximum absolute atomic E-state index is 12.6. The zero-order valence-electron chi connectivity index (χ0n) is 34.9. The Labute approximate surface area is 335 Å². The van der Waals surface area contributed by atoms with Crippen molar-refractivity contribution in [1.82, 2.24) is 0 Å². The molecular weight excluding hydrogens is 719 g/mol. The summed E-state index contributed by atoms with van der Waals surface area (Å²) in [7, 11) is -4.62. The van der Waals surface area contributed by atoms with Crippen molar-refractivity contribution in [2.45, 2.75) is 206 Å². The molecule has 55 heavy (non-hydrogen) atoms. The molecule has 0 spiro atoms. The van der Waals surface area contributed by atoms with Crippen LogP contribution in [0.1, 0.15) is 194 Å². The first-order valence-electron chi connectivity index (χ1n) is 21.9. The van der Waals surface area contributed by atoms with Crippen LogP contribution in [0.3, 0.4) is 0 Å². The smallest absolute Gasteiger partial charge is 0.462 e. The van der Waals surface area contributed by atoms with Gasteiger partial charge in [-0.05, 0) is 70.6 Å². The third kappa shape index (κ3) is 40.2. The molecule has 0 rings (SSSR count). The van der Waals surface area contributed by atoms with Crippen LogP contribution in [0.5, 0.6) is 0 Å². The SMILES string of the molecule is CCCCC/C=C/C/C=C/CCCCCCCCCC(=O)OC[C@H](COP(=O)(O)OC[C@@H](O)CO)OC(=O)CCCCCCCCC/C=C/CCCCCC. The van der Waals surface area contributed by atoms with Crippen molar-refractivity contribution in [2.75, 3.05) is 26.4 Å². The number of carbonyl (C=O) groups excluding carboxylic acids is 2. The zero-order chi connectivity index (χ0) is 40.5. The Balaban J connectivity index is 4.30. The van der Waals surface area contributed by atoms with Crippen molar-refractivity contribution in [2.24, 2.45) is 0 Å². The first kappa shape index (κ1) is 53.2. The topological polar surface area (TPSA) is 149 Å². The average Bonchev–Trinajstić information content (AvgIpc) is 3.17. The summed E-state index contributed by atoms with van der Waals surface area (Å²) in [4.78, 5) is 35.0. The highest BCUT2D eigenvalue weighted by atomic mass is 31.2. The van der Waals surface area contributed by atoms with Gasteiger partial charge in [0.2, 0.25) is 0 Å². The van der Waals surface area contributed by atoms with E-state index in [4.69, 9.17) is 19.1 Å². The quantitative estimate of drug-likeness (QED) is 0.0236. The van der Waals surface area contributed by atoms with Crippen LogP contribution in [0.2, 0.25) is 0 Å². The molecule has 0 aromatic carbocycles. The molecule has 0 aliphatic rings. The molecule has 11 heteroatoms. The van der Waals surface area contributed by atoms with E-state index >= 15 is 0 Å². The summed E-state index contributed by atoms with van der Waals surface area (Å²) in [6.07, 6.45) is 41.0. The Morgan fingerprint density at radius 2 is 0.945 bits per heavy atom. The number of aliphatic hydroxyl groups excluding tert-OH is 2. The van der Waals surface area contributed by atoms with Crippen molar-refractivity contribution in [3.63, 3.8) is 0 Å². The first-order valence-corrected chi connectivity index (χ1v) is 23.4. The highest BCUT2D eigenvalue weighted by Gasteiger charge is 2.27. The van der Waals surface area contributed by atoms with Gasteiger partial charge in [0.25, 0.3) is 0 Å². The number of ether oxygens (including phenoxy) is 2. The van der Waals surface area contributed by atoms with Gasteiger partial charge in [-0.1, -0.05) is 147 Å². The summed E-state index contributed by atoms with van der Waals surface area (Å²) in [6.45, 7) is 2.33. The number of hydrogen-bond donors (Lipinski definition) is 3. The van der Waals surface area contributed by atoms with Crippen molar-refractivity contribution < 1.29 is 47.8 Å². The number of carbonyl (C=O) groups is 2. The Morgan fingerprint density at radius 3 is 1.45 bits per heavy atom. The maximum atomic E-state index is 12.6. The van der Waals surface area contributed by atoms with E-state index in [0.29, 0.717) is 12.8 Å². The second-order valence-corrected chi connectivity index (χ2v) is 16.2. The molecule has 0 aromatic heterocycles. The van der Waals surface area contributed by atoms with Crippen molar-refractivity contribution >= 4 is 19.8 Å². The van der Waals surface area contributed by atoms with Crippen LogP contribution in [0.15, 0.2) is 36.5 Å². The molecule has 0 bridgehead atoms. The average molecular weight is 801 g/mol. The van der Waals surface area contributed by atoms with Crippen LogP contribution in [0.4, 0.5) is 0 Å². The molecule has 0 heterocycles. The van der Waals surface area contributed by atoms with E-state index < -0.39 is 51.8 Å². The lowest BCUT2D eigenvalue weighted by molar-refractivity contribution is -0.161. The fraction of sp³-hybridized carbons (Fsp3) is 0.818. The highest BCUT2D eigenvalue weighted by Crippen LogP contribution is 2.43. The molecule has 0 saturated heterocycles. The molecular formula is C44H81O10P. The molecule has 0 saturated carbocycles. The van der Waals surface area contributed by atoms with Gasteiger partial charge >= 0.3 is 19.8 Å². The van der Waals surface area contributed by atoms with Gasteiger partial charge in [0.15, 0.2) is 6.10 Å². The van der Waals surface area contributed by atoms with Gasteiger partial charge in [0.05, 0.1) is 19.8 Å². The number of phosphoric acid groups is 1. The van der Waals surface area contributed by atoms with Gasteiger partial charge in [-0.3, -0.25) is 18.6 Å². The number of phosphoric ester groups is 1. The minimum atomic E-state index is -4.62. The Hall–Kier alpha value is -1.81. The fourth-order valence-electron chi connectivity index (χ4n) is 5.84. The number of rotatable bonds is 41. The second-order valence-electron chi connectivity index (χ2n) is 14.7. The summed E-state index contributed by atoms with van der Waals surface area (Å²) in [6, 6.07) is 0. The van der Waals surface area contributed by atoms with Crippen LogP contribution >= 0.6 is 7.82 Å². The molecule has 0 amide bonds. The molecule has 0 fully saturated rings. The lowest BCUT2D eigenvalue weighted by Gasteiger charge is -2.20. The summed E-state index contributed by atoms with van der Waals surface area (Å²) in [5.41, 5.74) is 0. The predicted octanol–water partition coefficient (Wildman–Crippen LogP) is 11.6. The van der Waals surface area contributed by atoms with Crippen molar-refractivity contribution in [1.29, 1.82) is 0 Å². The van der Waals surface area contributed by atoms with Crippen LogP contribution in [-0.2, 0) is 32.7 Å². The Bertz CT molecular complexity index is 1010. The van der Waals surface area contributed by atoms with E-state index in [-0.39, 0.29) is 19.4 Å². The summed E-state index contributed by atoms with van der Waals surface area (Å²) >= 11 is 0. The molecule has 10 nitrogen and oxygen atoms in total.